The summed E-state index contributed by atoms with van der Waals surface area (Å²) in [5.74, 6) is 2.62. The van der Waals surface area contributed by atoms with Crippen molar-refractivity contribution in [2.75, 3.05) is 11.9 Å². The zero-order valence-electron chi connectivity index (χ0n) is 10.6. The van der Waals surface area contributed by atoms with Crippen LogP contribution in [0.25, 0.3) is 0 Å². The SMILES string of the molecule is CCNc1nccn1C1CCCC(C)C1C. The number of hydrogen-bond donors (Lipinski definition) is 1. The highest BCUT2D eigenvalue weighted by Crippen LogP contribution is 2.38. The molecule has 90 valence electrons. The van der Waals surface area contributed by atoms with Crippen molar-refractivity contribution in [1.29, 1.82) is 0 Å². The Kier molecular flexibility index (Phi) is 3.52. The van der Waals surface area contributed by atoms with E-state index in [4.69, 9.17) is 0 Å². The molecule has 3 atom stereocenters. The molecule has 3 unspecified atom stereocenters. The first-order chi connectivity index (χ1) is 7.74. The molecule has 16 heavy (non-hydrogen) atoms. The van der Waals surface area contributed by atoms with Crippen LogP contribution in [-0.4, -0.2) is 16.1 Å². The smallest absolute Gasteiger partial charge is 0.203 e. The molecule has 1 heterocycles. The van der Waals surface area contributed by atoms with Crippen LogP contribution >= 0.6 is 0 Å². The Morgan fingerprint density at radius 3 is 3.00 bits per heavy atom. The molecule has 0 saturated heterocycles. The monoisotopic (exact) mass is 221 g/mol. The Morgan fingerprint density at radius 1 is 1.44 bits per heavy atom. The van der Waals surface area contributed by atoms with Crippen LogP contribution in [0.15, 0.2) is 12.4 Å². The third-order valence-corrected chi connectivity index (χ3v) is 4.02. The van der Waals surface area contributed by atoms with Gasteiger partial charge in [-0.3, -0.25) is 0 Å². The minimum Gasteiger partial charge on any atom is -0.356 e. The van der Waals surface area contributed by atoms with E-state index in [1.54, 1.807) is 0 Å². The summed E-state index contributed by atoms with van der Waals surface area (Å²) >= 11 is 0. The summed E-state index contributed by atoms with van der Waals surface area (Å²) in [5.41, 5.74) is 0. The summed E-state index contributed by atoms with van der Waals surface area (Å²) in [4.78, 5) is 4.39. The summed E-state index contributed by atoms with van der Waals surface area (Å²) < 4.78 is 2.34. The van der Waals surface area contributed by atoms with Gasteiger partial charge in [0.25, 0.3) is 0 Å². The van der Waals surface area contributed by atoms with Crippen LogP contribution in [0.4, 0.5) is 5.95 Å². The van der Waals surface area contributed by atoms with E-state index in [9.17, 15) is 0 Å². The largest absolute Gasteiger partial charge is 0.356 e. The third kappa shape index (κ3) is 2.08. The average molecular weight is 221 g/mol. The topological polar surface area (TPSA) is 29.9 Å². The van der Waals surface area contributed by atoms with Crippen molar-refractivity contribution in [1.82, 2.24) is 9.55 Å². The van der Waals surface area contributed by atoms with Crippen molar-refractivity contribution in [2.45, 2.75) is 46.1 Å². The molecular weight excluding hydrogens is 198 g/mol. The van der Waals surface area contributed by atoms with E-state index in [2.05, 4.69) is 41.8 Å². The van der Waals surface area contributed by atoms with E-state index in [1.165, 1.54) is 19.3 Å². The fourth-order valence-corrected chi connectivity index (χ4v) is 2.82. The van der Waals surface area contributed by atoms with Gasteiger partial charge in [0.15, 0.2) is 0 Å². The Hall–Kier alpha value is -0.990. The fourth-order valence-electron chi connectivity index (χ4n) is 2.82. The number of imidazole rings is 1. The van der Waals surface area contributed by atoms with Crippen molar-refractivity contribution in [2.24, 2.45) is 11.8 Å². The van der Waals surface area contributed by atoms with Crippen molar-refractivity contribution in [3.63, 3.8) is 0 Å². The molecular formula is C13H23N3. The summed E-state index contributed by atoms with van der Waals surface area (Å²) in [5, 5.41) is 3.34. The third-order valence-electron chi connectivity index (χ3n) is 4.02. The summed E-state index contributed by atoms with van der Waals surface area (Å²) in [6, 6.07) is 0.625. The first-order valence-electron chi connectivity index (χ1n) is 6.50. The maximum absolute atomic E-state index is 4.39. The van der Waals surface area contributed by atoms with E-state index in [1.807, 2.05) is 6.20 Å². The molecule has 0 spiro atoms. The Balaban J connectivity index is 2.18. The Bertz CT molecular complexity index is 332. The van der Waals surface area contributed by atoms with Crippen LogP contribution < -0.4 is 5.32 Å². The maximum atomic E-state index is 4.39. The quantitative estimate of drug-likeness (QED) is 0.848. The van der Waals surface area contributed by atoms with E-state index >= 15 is 0 Å². The fraction of sp³-hybridized carbons (Fsp3) is 0.769. The first-order valence-corrected chi connectivity index (χ1v) is 6.50. The predicted octanol–water partition coefficient (Wildman–Crippen LogP) is 3.31. The number of hydrogen-bond acceptors (Lipinski definition) is 2. The van der Waals surface area contributed by atoms with Crippen molar-refractivity contribution < 1.29 is 0 Å². The lowest BCUT2D eigenvalue weighted by molar-refractivity contribution is 0.187. The van der Waals surface area contributed by atoms with Gasteiger partial charge in [0, 0.05) is 25.0 Å². The minimum absolute atomic E-state index is 0.625. The van der Waals surface area contributed by atoms with Crippen molar-refractivity contribution in [3.8, 4) is 0 Å². The maximum Gasteiger partial charge on any atom is 0.203 e. The molecule has 0 aliphatic heterocycles. The highest BCUT2D eigenvalue weighted by molar-refractivity contribution is 5.26. The molecule has 2 rings (SSSR count). The molecule has 1 saturated carbocycles. The number of nitrogens with zero attached hydrogens (tertiary/aromatic N) is 2. The van der Waals surface area contributed by atoms with E-state index in [-0.39, 0.29) is 0 Å². The molecule has 3 nitrogen and oxygen atoms in total. The summed E-state index contributed by atoms with van der Waals surface area (Å²) in [7, 11) is 0. The van der Waals surface area contributed by atoms with Crippen LogP contribution in [0.5, 0.6) is 0 Å². The molecule has 1 aromatic rings. The number of aromatic nitrogens is 2. The van der Waals surface area contributed by atoms with Crippen LogP contribution in [0.2, 0.25) is 0 Å². The standard InChI is InChI=1S/C13H23N3/c1-4-14-13-15-8-9-16(13)12-7-5-6-10(2)11(12)3/h8-12H,4-7H2,1-3H3,(H,14,15). The van der Waals surface area contributed by atoms with Crippen LogP contribution in [0, 0.1) is 11.8 Å². The predicted molar refractivity (Wildman–Crippen MR) is 67.6 cm³/mol. The van der Waals surface area contributed by atoms with Gasteiger partial charge in [-0.05, 0) is 25.2 Å². The van der Waals surface area contributed by atoms with Gasteiger partial charge in [-0.15, -0.1) is 0 Å². The number of rotatable bonds is 3. The molecule has 0 aromatic carbocycles. The summed E-state index contributed by atoms with van der Waals surface area (Å²) in [6.07, 6.45) is 8.05. The highest BCUT2D eigenvalue weighted by atomic mass is 15.2. The lowest BCUT2D eigenvalue weighted by Crippen LogP contribution is -2.27. The number of nitrogens with one attached hydrogen (secondary N) is 1. The zero-order valence-corrected chi connectivity index (χ0v) is 10.6. The van der Waals surface area contributed by atoms with Crippen LogP contribution in [0.1, 0.15) is 46.1 Å². The van der Waals surface area contributed by atoms with Gasteiger partial charge < -0.3 is 9.88 Å². The molecule has 1 aromatic heterocycles. The Labute approximate surface area is 98.3 Å². The van der Waals surface area contributed by atoms with Gasteiger partial charge in [-0.25, -0.2) is 4.98 Å². The molecule has 0 bridgehead atoms. The minimum atomic E-state index is 0.625. The lowest BCUT2D eigenvalue weighted by atomic mass is 9.78. The molecule has 1 aliphatic rings. The molecule has 0 amide bonds. The van der Waals surface area contributed by atoms with Crippen molar-refractivity contribution in [3.05, 3.63) is 12.4 Å². The number of anilines is 1. The highest BCUT2D eigenvalue weighted by Gasteiger charge is 2.29. The van der Waals surface area contributed by atoms with Crippen LogP contribution in [0.3, 0.4) is 0 Å². The second-order valence-electron chi connectivity index (χ2n) is 5.02. The van der Waals surface area contributed by atoms with Crippen LogP contribution in [-0.2, 0) is 0 Å². The molecule has 0 radical (unpaired) electrons. The van der Waals surface area contributed by atoms with Gasteiger partial charge in [-0.2, -0.15) is 0 Å². The normalized spacial score (nSPS) is 30.3. The Morgan fingerprint density at radius 2 is 2.25 bits per heavy atom. The molecule has 1 aliphatic carbocycles. The zero-order chi connectivity index (χ0) is 11.5. The van der Waals surface area contributed by atoms with Crippen molar-refractivity contribution >= 4 is 5.95 Å². The molecule has 1 N–H and O–H groups in total. The van der Waals surface area contributed by atoms with Gasteiger partial charge in [0.2, 0.25) is 5.95 Å². The van der Waals surface area contributed by atoms with Gasteiger partial charge in [0.05, 0.1) is 0 Å². The van der Waals surface area contributed by atoms with Gasteiger partial charge in [0.1, 0.15) is 0 Å². The van der Waals surface area contributed by atoms with Gasteiger partial charge >= 0.3 is 0 Å². The first kappa shape index (κ1) is 11.5. The van der Waals surface area contributed by atoms with E-state index in [0.29, 0.717) is 6.04 Å². The second kappa shape index (κ2) is 4.89. The van der Waals surface area contributed by atoms with E-state index in [0.717, 1.165) is 24.3 Å². The summed E-state index contributed by atoms with van der Waals surface area (Å²) in [6.45, 7) is 7.81. The average Bonchev–Trinajstić information content (AvgIpc) is 2.71. The lowest BCUT2D eigenvalue weighted by Gasteiger charge is -2.35. The second-order valence-corrected chi connectivity index (χ2v) is 5.02. The van der Waals surface area contributed by atoms with E-state index < -0.39 is 0 Å². The molecule has 1 fully saturated rings. The molecule has 3 heteroatoms. The van der Waals surface area contributed by atoms with Gasteiger partial charge in [-0.1, -0.05) is 26.7 Å².